The summed E-state index contributed by atoms with van der Waals surface area (Å²) < 4.78 is 0. The van der Waals surface area contributed by atoms with Crippen molar-refractivity contribution < 1.29 is 4.92 Å². The lowest BCUT2D eigenvalue weighted by Gasteiger charge is -2.17. The first-order valence-corrected chi connectivity index (χ1v) is 5.28. The van der Waals surface area contributed by atoms with Crippen molar-refractivity contribution in [1.82, 2.24) is 0 Å². The first-order valence-electron chi connectivity index (χ1n) is 5.28. The molecule has 0 unspecified atom stereocenters. The van der Waals surface area contributed by atoms with Gasteiger partial charge in [-0.1, -0.05) is 6.07 Å². The lowest BCUT2D eigenvalue weighted by atomic mass is 10.1. The van der Waals surface area contributed by atoms with Crippen molar-refractivity contribution in [3.05, 3.63) is 39.4 Å². The zero-order chi connectivity index (χ0) is 12.3. The second-order valence-electron chi connectivity index (χ2n) is 4.72. The highest BCUT2D eigenvalue weighted by Crippen LogP contribution is 2.16. The van der Waals surface area contributed by atoms with E-state index in [0.29, 0.717) is 6.54 Å². The molecule has 4 heteroatoms. The number of nitro groups is 1. The maximum Gasteiger partial charge on any atom is 0.233 e. The number of rotatable bonds is 4. The van der Waals surface area contributed by atoms with Crippen molar-refractivity contribution in [3.8, 4) is 0 Å². The smallest absolute Gasteiger partial charge is 0.233 e. The summed E-state index contributed by atoms with van der Waals surface area (Å²) in [7, 11) is 0. The molecule has 1 rings (SSSR count). The van der Waals surface area contributed by atoms with E-state index in [-0.39, 0.29) is 4.92 Å². The molecule has 0 atom stereocenters. The molecule has 0 saturated carbocycles. The Kier molecular flexibility index (Phi) is 3.52. The number of nitrogens with zero attached hydrogens (tertiary/aromatic N) is 1. The van der Waals surface area contributed by atoms with E-state index in [9.17, 15) is 10.1 Å². The van der Waals surface area contributed by atoms with Gasteiger partial charge in [-0.2, -0.15) is 0 Å². The van der Waals surface area contributed by atoms with Gasteiger partial charge in [-0.15, -0.1) is 0 Å². The van der Waals surface area contributed by atoms with E-state index in [0.717, 1.165) is 5.69 Å². The van der Waals surface area contributed by atoms with E-state index in [1.165, 1.54) is 11.1 Å². The summed E-state index contributed by atoms with van der Waals surface area (Å²) in [6.45, 7) is 7.61. The van der Waals surface area contributed by atoms with Gasteiger partial charge >= 0.3 is 0 Å². The molecule has 88 valence electrons. The molecular weight excluding hydrogens is 204 g/mol. The van der Waals surface area contributed by atoms with E-state index in [2.05, 4.69) is 5.32 Å². The summed E-state index contributed by atoms with van der Waals surface area (Å²) in [6, 6.07) is 5.96. The first-order chi connectivity index (χ1) is 7.33. The molecule has 0 amide bonds. The third-order valence-corrected chi connectivity index (χ3v) is 2.73. The van der Waals surface area contributed by atoms with Gasteiger partial charge in [-0.25, -0.2) is 0 Å². The molecule has 16 heavy (non-hydrogen) atoms. The zero-order valence-electron chi connectivity index (χ0n) is 10.2. The van der Waals surface area contributed by atoms with Gasteiger partial charge in [0.2, 0.25) is 5.54 Å². The van der Waals surface area contributed by atoms with Crippen LogP contribution in [0.25, 0.3) is 0 Å². The number of hydrogen-bond donors (Lipinski definition) is 1. The van der Waals surface area contributed by atoms with Gasteiger partial charge in [0.1, 0.15) is 0 Å². The van der Waals surface area contributed by atoms with Crippen molar-refractivity contribution >= 4 is 5.69 Å². The summed E-state index contributed by atoms with van der Waals surface area (Å²) in [6.07, 6.45) is 0. The highest BCUT2D eigenvalue weighted by Gasteiger charge is 2.30. The van der Waals surface area contributed by atoms with Crippen LogP contribution >= 0.6 is 0 Å². The van der Waals surface area contributed by atoms with E-state index in [1.807, 2.05) is 32.0 Å². The Morgan fingerprint density at radius 3 is 2.44 bits per heavy atom. The molecule has 0 spiro atoms. The quantitative estimate of drug-likeness (QED) is 0.629. The Bertz CT molecular complexity index is 400. The van der Waals surface area contributed by atoms with E-state index in [1.54, 1.807) is 13.8 Å². The number of benzene rings is 1. The fraction of sp³-hybridized carbons (Fsp3) is 0.500. The third-order valence-electron chi connectivity index (χ3n) is 2.73. The van der Waals surface area contributed by atoms with Gasteiger partial charge in [-0.05, 0) is 37.1 Å². The van der Waals surface area contributed by atoms with E-state index >= 15 is 0 Å². The Morgan fingerprint density at radius 1 is 1.31 bits per heavy atom. The van der Waals surface area contributed by atoms with Crippen molar-refractivity contribution in [2.75, 3.05) is 11.9 Å². The maximum absolute atomic E-state index is 10.7. The topological polar surface area (TPSA) is 55.2 Å². The summed E-state index contributed by atoms with van der Waals surface area (Å²) in [5.41, 5.74) is 2.39. The van der Waals surface area contributed by atoms with Crippen LogP contribution in [0.4, 0.5) is 5.69 Å². The van der Waals surface area contributed by atoms with Crippen LogP contribution in [-0.4, -0.2) is 17.0 Å². The zero-order valence-corrected chi connectivity index (χ0v) is 10.2. The minimum atomic E-state index is -0.946. The van der Waals surface area contributed by atoms with Gasteiger partial charge in [0.25, 0.3) is 0 Å². The van der Waals surface area contributed by atoms with Crippen LogP contribution in [0.1, 0.15) is 25.0 Å². The molecule has 4 nitrogen and oxygen atoms in total. The molecule has 1 aromatic rings. The van der Waals surface area contributed by atoms with Crippen molar-refractivity contribution in [2.45, 2.75) is 33.2 Å². The van der Waals surface area contributed by atoms with Gasteiger partial charge in [0.05, 0.1) is 6.54 Å². The Labute approximate surface area is 95.8 Å². The van der Waals surface area contributed by atoms with Crippen LogP contribution in [0.15, 0.2) is 18.2 Å². The number of anilines is 1. The SMILES string of the molecule is Cc1ccc(NCC(C)(C)[N+](=O)[O-])cc1C. The third kappa shape index (κ3) is 2.95. The van der Waals surface area contributed by atoms with E-state index < -0.39 is 5.54 Å². The van der Waals surface area contributed by atoms with Crippen LogP contribution in [0.2, 0.25) is 0 Å². The average Bonchev–Trinajstić information content (AvgIpc) is 2.20. The largest absolute Gasteiger partial charge is 0.378 e. The fourth-order valence-electron chi connectivity index (χ4n) is 1.23. The normalized spacial score (nSPS) is 11.2. The maximum atomic E-state index is 10.7. The summed E-state index contributed by atoms with van der Waals surface area (Å²) in [5, 5.41) is 13.8. The minimum Gasteiger partial charge on any atom is -0.378 e. The van der Waals surface area contributed by atoms with Crippen LogP contribution in [-0.2, 0) is 0 Å². The molecule has 0 radical (unpaired) electrons. The van der Waals surface area contributed by atoms with Crippen LogP contribution in [0, 0.1) is 24.0 Å². The number of hydrogen-bond acceptors (Lipinski definition) is 3. The molecule has 0 heterocycles. The monoisotopic (exact) mass is 222 g/mol. The highest BCUT2D eigenvalue weighted by atomic mass is 16.6. The predicted octanol–water partition coefficient (Wildman–Crippen LogP) is 2.77. The van der Waals surface area contributed by atoms with Gasteiger partial charge in [0.15, 0.2) is 0 Å². The first kappa shape index (κ1) is 12.5. The Balaban J connectivity index is 2.68. The van der Waals surface area contributed by atoms with Gasteiger partial charge < -0.3 is 5.32 Å². The van der Waals surface area contributed by atoms with Crippen molar-refractivity contribution in [1.29, 1.82) is 0 Å². The molecule has 0 bridgehead atoms. The van der Waals surface area contributed by atoms with Crippen LogP contribution in [0.5, 0.6) is 0 Å². The predicted molar refractivity (Wildman–Crippen MR) is 65.5 cm³/mol. The van der Waals surface area contributed by atoms with Crippen LogP contribution < -0.4 is 5.32 Å². The summed E-state index contributed by atoms with van der Waals surface area (Å²) in [5.74, 6) is 0. The molecule has 0 aliphatic rings. The van der Waals surface area contributed by atoms with Crippen molar-refractivity contribution in [2.24, 2.45) is 0 Å². The second-order valence-corrected chi connectivity index (χ2v) is 4.72. The molecule has 0 aliphatic heterocycles. The molecule has 1 aromatic carbocycles. The van der Waals surface area contributed by atoms with Gasteiger partial charge in [0, 0.05) is 24.5 Å². The number of aryl methyl sites for hydroxylation is 2. The molecule has 0 aliphatic carbocycles. The Hall–Kier alpha value is -1.58. The fourth-order valence-corrected chi connectivity index (χ4v) is 1.23. The van der Waals surface area contributed by atoms with Crippen molar-refractivity contribution in [3.63, 3.8) is 0 Å². The summed E-state index contributed by atoms with van der Waals surface area (Å²) in [4.78, 5) is 10.5. The lowest BCUT2D eigenvalue weighted by Crippen LogP contribution is -2.38. The number of nitrogens with one attached hydrogen (secondary N) is 1. The molecule has 0 saturated heterocycles. The van der Waals surface area contributed by atoms with Crippen LogP contribution in [0.3, 0.4) is 0 Å². The lowest BCUT2D eigenvalue weighted by molar-refractivity contribution is -0.556. The minimum absolute atomic E-state index is 0.263. The van der Waals surface area contributed by atoms with Gasteiger partial charge in [-0.3, -0.25) is 10.1 Å². The molecule has 0 aromatic heterocycles. The van der Waals surface area contributed by atoms with E-state index in [4.69, 9.17) is 0 Å². The second kappa shape index (κ2) is 4.51. The molecule has 1 N–H and O–H groups in total. The molecular formula is C12H18N2O2. The molecule has 0 fully saturated rings. The standard InChI is InChI=1S/C12H18N2O2/c1-9-5-6-11(7-10(9)2)13-8-12(3,4)14(15)16/h5-7,13H,8H2,1-4H3. The highest BCUT2D eigenvalue weighted by molar-refractivity contribution is 5.48. The summed E-state index contributed by atoms with van der Waals surface area (Å²) >= 11 is 0. The average molecular weight is 222 g/mol. The Morgan fingerprint density at radius 2 is 1.94 bits per heavy atom.